The maximum atomic E-state index is 3.33. The van der Waals surface area contributed by atoms with E-state index in [0.29, 0.717) is 0 Å². The van der Waals surface area contributed by atoms with Gasteiger partial charge in [0, 0.05) is 29.4 Å². The molecule has 0 aromatic heterocycles. The van der Waals surface area contributed by atoms with Gasteiger partial charge >= 0.3 is 0 Å². The third-order valence-electron chi connectivity index (χ3n) is 1.05. The van der Waals surface area contributed by atoms with Gasteiger partial charge in [-0.1, -0.05) is 6.92 Å². The first-order chi connectivity index (χ1) is 4.41. The molecule has 3 heteroatoms. The van der Waals surface area contributed by atoms with Crippen molar-refractivity contribution in [3.8, 4) is 0 Å². The molecule has 0 saturated heterocycles. The molecule has 0 aromatic rings. The monoisotopic (exact) mass is 242 g/mol. The fourth-order valence-corrected chi connectivity index (χ4v) is 0.963. The van der Waals surface area contributed by atoms with Crippen LogP contribution in [-0.4, -0.2) is 19.6 Å². The summed E-state index contributed by atoms with van der Waals surface area (Å²) in [4.78, 5) is 0. The smallest absolute Gasteiger partial charge is 0.0169 e. The molecule has 0 atom stereocenters. The van der Waals surface area contributed by atoms with Crippen molar-refractivity contribution in [1.82, 2.24) is 8.85 Å². The molecule has 2 nitrogen and oxygen atoms in total. The Bertz CT molecular complexity index is 44.3. The molecule has 0 saturated carbocycles. The maximum absolute atomic E-state index is 3.33. The van der Waals surface area contributed by atoms with Crippen LogP contribution in [0.15, 0.2) is 0 Å². The highest BCUT2D eigenvalue weighted by molar-refractivity contribution is 14.1. The average molecular weight is 242 g/mol. The third kappa shape index (κ3) is 8.65. The van der Waals surface area contributed by atoms with Gasteiger partial charge in [0.05, 0.1) is 0 Å². The van der Waals surface area contributed by atoms with E-state index in [2.05, 4.69) is 38.6 Å². The van der Waals surface area contributed by atoms with Gasteiger partial charge in [-0.2, -0.15) is 0 Å². The molecule has 0 spiro atoms. The van der Waals surface area contributed by atoms with Crippen LogP contribution in [0.2, 0.25) is 0 Å². The lowest BCUT2D eigenvalue weighted by atomic mass is 10.4. The second kappa shape index (κ2) is 8.65. The molecule has 0 rings (SSSR count). The first kappa shape index (κ1) is 9.65. The summed E-state index contributed by atoms with van der Waals surface area (Å²) in [7, 11) is 0. The zero-order valence-electron chi connectivity index (χ0n) is 5.91. The van der Waals surface area contributed by atoms with Crippen LogP contribution in [0.4, 0.5) is 0 Å². The van der Waals surface area contributed by atoms with E-state index in [1.165, 1.54) is 12.8 Å². The lowest BCUT2D eigenvalue weighted by Gasteiger charge is -1.99. The first-order valence-electron chi connectivity index (χ1n) is 3.46. The van der Waals surface area contributed by atoms with E-state index in [0.717, 1.165) is 19.6 Å². The number of rotatable bonds is 6. The molecule has 0 bridgehead atoms. The van der Waals surface area contributed by atoms with Crippen molar-refractivity contribution >= 4 is 22.9 Å². The van der Waals surface area contributed by atoms with Crippen molar-refractivity contribution in [1.29, 1.82) is 0 Å². The van der Waals surface area contributed by atoms with Crippen molar-refractivity contribution in [3.63, 3.8) is 0 Å². The molecular formula is C6H15IN2. The highest BCUT2D eigenvalue weighted by Crippen LogP contribution is 1.77. The highest BCUT2D eigenvalue weighted by atomic mass is 127. The van der Waals surface area contributed by atoms with Crippen LogP contribution in [0.5, 0.6) is 0 Å². The lowest BCUT2D eigenvalue weighted by Crippen LogP contribution is -2.18. The van der Waals surface area contributed by atoms with Gasteiger partial charge in [0.25, 0.3) is 0 Å². The van der Waals surface area contributed by atoms with Crippen molar-refractivity contribution in [2.75, 3.05) is 19.6 Å². The van der Waals surface area contributed by atoms with Crippen LogP contribution < -0.4 is 8.85 Å². The molecule has 0 aliphatic heterocycles. The predicted octanol–water partition coefficient (Wildman–Crippen LogP) is 1.32. The number of hydrogen-bond donors (Lipinski definition) is 2. The maximum Gasteiger partial charge on any atom is 0.0169 e. The number of hydrogen-bond acceptors (Lipinski definition) is 2. The fraction of sp³-hybridized carbons (Fsp3) is 1.00. The van der Waals surface area contributed by atoms with Crippen LogP contribution >= 0.6 is 22.9 Å². The summed E-state index contributed by atoms with van der Waals surface area (Å²) >= 11 is 2.17. The minimum atomic E-state index is 1.11. The fourth-order valence-electron chi connectivity index (χ4n) is 0.582. The second-order valence-corrected chi connectivity index (χ2v) is 2.75. The molecule has 0 unspecified atom stereocenters. The molecular weight excluding hydrogens is 227 g/mol. The quantitative estimate of drug-likeness (QED) is 0.417. The lowest BCUT2D eigenvalue weighted by molar-refractivity contribution is 0.641. The van der Waals surface area contributed by atoms with Crippen LogP contribution in [0.1, 0.15) is 19.8 Å². The Balaban J connectivity index is 2.60. The van der Waals surface area contributed by atoms with Gasteiger partial charge in [0.2, 0.25) is 0 Å². The van der Waals surface area contributed by atoms with E-state index < -0.39 is 0 Å². The topological polar surface area (TPSA) is 24.1 Å². The zero-order valence-corrected chi connectivity index (χ0v) is 8.07. The van der Waals surface area contributed by atoms with Crippen LogP contribution in [0.3, 0.4) is 0 Å². The predicted molar refractivity (Wildman–Crippen MR) is 49.8 cm³/mol. The van der Waals surface area contributed by atoms with Crippen molar-refractivity contribution in [2.45, 2.75) is 19.8 Å². The molecule has 0 fully saturated rings. The van der Waals surface area contributed by atoms with Crippen molar-refractivity contribution < 1.29 is 0 Å². The summed E-state index contributed by atoms with van der Waals surface area (Å²) < 4.78 is 3.07. The summed E-state index contributed by atoms with van der Waals surface area (Å²) in [5.74, 6) is 0. The van der Waals surface area contributed by atoms with Gasteiger partial charge in [-0.3, -0.25) is 3.53 Å². The Labute approximate surface area is 71.3 Å². The van der Waals surface area contributed by atoms with Crippen molar-refractivity contribution in [2.24, 2.45) is 0 Å². The van der Waals surface area contributed by atoms with Crippen LogP contribution in [0, 0.1) is 0 Å². The minimum Gasteiger partial charge on any atom is -0.317 e. The highest BCUT2D eigenvalue weighted by Gasteiger charge is 1.83. The van der Waals surface area contributed by atoms with Gasteiger partial charge in [0.1, 0.15) is 0 Å². The molecule has 0 aliphatic carbocycles. The molecule has 56 valence electrons. The summed E-state index contributed by atoms with van der Waals surface area (Å²) in [6.07, 6.45) is 2.46. The second-order valence-electron chi connectivity index (χ2n) is 1.99. The standard InChI is InChI=1S/C6H15IN2/c1-2-4-8-5-3-6-9-7/h8-9H,2-6H2,1H3. The summed E-state index contributed by atoms with van der Waals surface area (Å²) in [5.41, 5.74) is 0. The van der Waals surface area contributed by atoms with Crippen LogP contribution in [0.25, 0.3) is 0 Å². The Morgan fingerprint density at radius 2 is 2.00 bits per heavy atom. The van der Waals surface area contributed by atoms with E-state index >= 15 is 0 Å². The molecule has 0 aliphatic rings. The average Bonchev–Trinajstić information content (AvgIpc) is 1.89. The van der Waals surface area contributed by atoms with E-state index in [-0.39, 0.29) is 0 Å². The Kier molecular flexibility index (Phi) is 9.27. The van der Waals surface area contributed by atoms with Gasteiger partial charge in [0.15, 0.2) is 0 Å². The van der Waals surface area contributed by atoms with Gasteiger partial charge in [-0.25, -0.2) is 0 Å². The molecule has 2 N–H and O–H groups in total. The molecule has 0 aromatic carbocycles. The summed E-state index contributed by atoms with van der Waals surface area (Å²) in [6, 6.07) is 0. The normalized spacial score (nSPS) is 10.0. The Hall–Kier alpha value is 0.650. The SMILES string of the molecule is CCCNCCCNI. The van der Waals surface area contributed by atoms with E-state index in [4.69, 9.17) is 0 Å². The number of halogens is 1. The third-order valence-corrected chi connectivity index (χ3v) is 1.59. The van der Waals surface area contributed by atoms with Gasteiger partial charge in [-0.05, 0) is 25.9 Å². The zero-order chi connectivity index (χ0) is 6.95. The van der Waals surface area contributed by atoms with E-state index in [9.17, 15) is 0 Å². The van der Waals surface area contributed by atoms with Crippen LogP contribution in [-0.2, 0) is 0 Å². The summed E-state index contributed by atoms with van der Waals surface area (Å²) in [6.45, 7) is 5.59. The first-order valence-corrected chi connectivity index (χ1v) is 4.54. The molecule has 0 amide bonds. The van der Waals surface area contributed by atoms with Crippen molar-refractivity contribution in [3.05, 3.63) is 0 Å². The molecule has 0 radical (unpaired) electrons. The Morgan fingerprint density at radius 3 is 2.56 bits per heavy atom. The molecule has 9 heavy (non-hydrogen) atoms. The Morgan fingerprint density at radius 1 is 1.22 bits per heavy atom. The van der Waals surface area contributed by atoms with Gasteiger partial charge in [-0.15, -0.1) is 0 Å². The number of nitrogens with one attached hydrogen (secondary N) is 2. The summed E-state index contributed by atoms with van der Waals surface area (Å²) in [5, 5.41) is 3.33. The van der Waals surface area contributed by atoms with E-state index in [1.807, 2.05) is 0 Å². The minimum absolute atomic E-state index is 1.11. The molecule has 0 heterocycles. The van der Waals surface area contributed by atoms with Gasteiger partial charge < -0.3 is 5.32 Å². The van der Waals surface area contributed by atoms with E-state index in [1.54, 1.807) is 0 Å². The largest absolute Gasteiger partial charge is 0.317 e.